The van der Waals surface area contributed by atoms with Crippen LogP contribution in [0, 0.1) is 0 Å². The summed E-state index contributed by atoms with van der Waals surface area (Å²) in [6.07, 6.45) is 3.43. The number of ether oxygens (including phenoxy) is 1. The molecule has 1 aromatic heterocycles. The van der Waals surface area contributed by atoms with Crippen LogP contribution in [0.3, 0.4) is 0 Å². The van der Waals surface area contributed by atoms with Gasteiger partial charge in [0.25, 0.3) is 0 Å². The SMILES string of the molecule is CCc1noc(CCC(=O)N2CCN(C)C(C(=O)NCc3ccc4c(c3)CCCO4)C2)n1. The van der Waals surface area contributed by atoms with Gasteiger partial charge in [-0.15, -0.1) is 0 Å². The van der Waals surface area contributed by atoms with E-state index in [0.29, 0.717) is 57.2 Å². The monoisotopic (exact) mass is 441 g/mol. The van der Waals surface area contributed by atoms with Gasteiger partial charge in [0, 0.05) is 45.4 Å². The van der Waals surface area contributed by atoms with Gasteiger partial charge < -0.3 is 19.5 Å². The van der Waals surface area contributed by atoms with E-state index >= 15 is 0 Å². The van der Waals surface area contributed by atoms with Crippen molar-refractivity contribution in [3.05, 3.63) is 41.0 Å². The van der Waals surface area contributed by atoms with Crippen LogP contribution in [0.25, 0.3) is 0 Å². The summed E-state index contributed by atoms with van der Waals surface area (Å²) >= 11 is 0. The smallest absolute Gasteiger partial charge is 0.239 e. The number of rotatable bonds is 7. The van der Waals surface area contributed by atoms with Crippen LogP contribution in [0.15, 0.2) is 22.7 Å². The fourth-order valence-corrected chi connectivity index (χ4v) is 4.12. The number of nitrogens with one attached hydrogen (secondary N) is 1. The van der Waals surface area contributed by atoms with Crippen LogP contribution in [-0.2, 0) is 35.4 Å². The molecule has 2 aliphatic rings. The number of amides is 2. The van der Waals surface area contributed by atoms with Gasteiger partial charge in [0.15, 0.2) is 5.82 Å². The Labute approximate surface area is 188 Å². The van der Waals surface area contributed by atoms with Crippen molar-refractivity contribution >= 4 is 11.8 Å². The molecule has 1 saturated heterocycles. The lowest BCUT2D eigenvalue weighted by atomic mass is 10.0. The molecule has 0 spiro atoms. The maximum absolute atomic E-state index is 12.9. The molecule has 1 aromatic carbocycles. The summed E-state index contributed by atoms with van der Waals surface area (Å²) in [5.74, 6) is 2.01. The summed E-state index contributed by atoms with van der Waals surface area (Å²) < 4.78 is 10.8. The molecule has 0 bridgehead atoms. The molecule has 9 nitrogen and oxygen atoms in total. The molecular weight excluding hydrogens is 410 g/mol. The van der Waals surface area contributed by atoms with Crippen LogP contribution in [0.4, 0.5) is 0 Å². The van der Waals surface area contributed by atoms with Gasteiger partial charge in [-0.3, -0.25) is 14.5 Å². The number of hydrogen-bond acceptors (Lipinski definition) is 7. The van der Waals surface area contributed by atoms with Crippen molar-refractivity contribution in [2.45, 2.75) is 51.6 Å². The highest BCUT2D eigenvalue weighted by atomic mass is 16.5. The zero-order valence-corrected chi connectivity index (χ0v) is 18.8. The Morgan fingerprint density at radius 1 is 1.28 bits per heavy atom. The average Bonchev–Trinajstić information content (AvgIpc) is 3.29. The first-order chi connectivity index (χ1) is 15.5. The van der Waals surface area contributed by atoms with Gasteiger partial charge in [-0.1, -0.05) is 24.2 Å². The molecule has 9 heteroatoms. The summed E-state index contributed by atoms with van der Waals surface area (Å²) in [6.45, 7) is 4.81. The van der Waals surface area contributed by atoms with E-state index in [9.17, 15) is 9.59 Å². The average molecular weight is 442 g/mol. The van der Waals surface area contributed by atoms with Crippen LogP contribution < -0.4 is 10.1 Å². The van der Waals surface area contributed by atoms with E-state index < -0.39 is 0 Å². The number of carbonyl (C=O) groups excluding carboxylic acids is 2. The summed E-state index contributed by atoms with van der Waals surface area (Å²) in [5, 5.41) is 6.90. The molecule has 172 valence electrons. The van der Waals surface area contributed by atoms with Crippen LogP contribution >= 0.6 is 0 Å². The second kappa shape index (κ2) is 10.1. The maximum Gasteiger partial charge on any atom is 0.239 e. The Morgan fingerprint density at radius 2 is 2.16 bits per heavy atom. The Kier molecular flexibility index (Phi) is 7.04. The van der Waals surface area contributed by atoms with Crippen molar-refractivity contribution in [1.82, 2.24) is 25.3 Å². The Balaban J connectivity index is 1.29. The van der Waals surface area contributed by atoms with Crippen molar-refractivity contribution in [3.63, 3.8) is 0 Å². The molecule has 2 aliphatic heterocycles. The lowest BCUT2D eigenvalue weighted by Gasteiger charge is -2.38. The Bertz CT molecular complexity index is 960. The highest BCUT2D eigenvalue weighted by Crippen LogP contribution is 2.25. The number of aryl methyl sites for hydroxylation is 3. The number of benzene rings is 1. The van der Waals surface area contributed by atoms with Crippen LogP contribution in [0.5, 0.6) is 5.75 Å². The molecule has 1 fully saturated rings. The van der Waals surface area contributed by atoms with Gasteiger partial charge in [0.05, 0.1) is 6.61 Å². The van der Waals surface area contributed by atoms with Gasteiger partial charge >= 0.3 is 0 Å². The first-order valence-corrected chi connectivity index (χ1v) is 11.3. The fourth-order valence-electron chi connectivity index (χ4n) is 4.12. The molecular formula is C23H31N5O4. The number of fused-ring (bicyclic) bond motifs is 1. The van der Waals surface area contributed by atoms with Crippen molar-refractivity contribution in [2.24, 2.45) is 0 Å². The van der Waals surface area contributed by atoms with E-state index in [0.717, 1.165) is 30.8 Å². The normalized spacial score (nSPS) is 18.7. The number of carbonyl (C=O) groups is 2. The van der Waals surface area contributed by atoms with E-state index in [1.165, 1.54) is 5.56 Å². The predicted molar refractivity (Wildman–Crippen MR) is 117 cm³/mol. The molecule has 2 amide bonds. The quantitative estimate of drug-likeness (QED) is 0.692. The first-order valence-electron chi connectivity index (χ1n) is 11.3. The maximum atomic E-state index is 12.9. The molecule has 1 unspecified atom stereocenters. The van der Waals surface area contributed by atoms with Crippen LogP contribution in [0.1, 0.15) is 42.6 Å². The largest absolute Gasteiger partial charge is 0.493 e. The molecule has 2 aromatic rings. The van der Waals surface area contributed by atoms with Gasteiger partial charge in [0.2, 0.25) is 17.7 Å². The minimum atomic E-state index is -0.372. The van der Waals surface area contributed by atoms with Crippen molar-refractivity contribution in [1.29, 1.82) is 0 Å². The number of hydrogen-bond donors (Lipinski definition) is 1. The van der Waals surface area contributed by atoms with Crippen LogP contribution in [-0.4, -0.2) is 71.1 Å². The molecule has 1 atom stereocenters. The third-order valence-electron chi connectivity index (χ3n) is 6.12. The first kappa shape index (κ1) is 22.3. The van der Waals surface area contributed by atoms with Gasteiger partial charge in [-0.25, -0.2) is 0 Å². The second-order valence-electron chi connectivity index (χ2n) is 8.41. The number of piperazine rings is 1. The summed E-state index contributed by atoms with van der Waals surface area (Å²) in [7, 11) is 1.92. The molecule has 0 saturated carbocycles. The lowest BCUT2D eigenvalue weighted by molar-refractivity contribution is -0.137. The highest BCUT2D eigenvalue weighted by Gasteiger charge is 2.32. The Morgan fingerprint density at radius 3 is 2.97 bits per heavy atom. The molecule has 1 N–H and O–H groups in total. The summed E-state index contributed by atoms with van der Waals surface area (Å²) in [6, 6.07) is 5.71. The lowest BCUT2D eigenvalue weighted by Crippen LogP contribution is -2.58. The third-order valence-corrected chi connectivity index (χ3v) is 6.12. The molecule has 0 radical (unpaired) electrons. The van der Waals surface area contributed by atoms with Crippen molar-refractivity contribution < 1.29 is 18.8 Å². The van der Waals surface area contributed by atoms with E-state index in [4.69, 9.17) is 9.26 Å². The fraction of sp³-hybridized carbons (Fsp3) is 0.565. The molecule has 3 heterocycles. The van der Waals surface area contributed by atoms with E-state index in [-0.39, 0.29) is 17.9 Å². The molecule has 32 heavy (non-hydrogen) atoms. The van der Waals surface area contributed by atoms with E-state index in [1.807, 2.05) is 31.0 Å². The van der Waals surface area contributed by atoms with Gasteiger partial charge in [-0.05, 0) is 37.1 Å². The zero-order valence-electron chi connectivity index (χ0n) is 18.8. The zero-order chi connectivity index (χ0) is 22.5. The molecule has 0 aliphatic carbocycles. The third kappa shape index (κ3) is 5.27. The summed E-state index contributed by atoms with van der Waals surface area (Å²) in [5.41, 5.74) is 2.25. The van der Waals surface area contributed by atoms with Crippen LogP contribution in [0.2, 0.25) is 0 Å². The topological polar surface area (TPSA) is 101 Å². The second-order valence-corrected chi connectivity index (χ2v) is 8.41. The predicted octanol–water partition coefficient (Wildman–Crippen LogP) is 1.35. The van der Waals surface area contributed by atoms with E-state index in [2.05, 4.69) is 21.5 Å². The van der Waals surface area contributed by atoms with Crippen molar-refractivity contribution in [2.75, 3.05) is 33.3 Å². The number of nitrogens with zero attached hydrogens (tertiary/aromatic N) is 4. The van der Waals surface area contributed by atoms with Gasteiger partial charge in [-0.2, -0.15) is 4.98 Å². The van der Waals surface area contributed by atoms with Crippen molar-refractivity contribution in [3.8, 4) is 5.75 Å². The number of aromatic nitrogens is 2. The molecule has 4 rings (SSSR count). The number of likely N-dealkylation sites (N-methyl/N-ethyl adjacent to an activating group) is 1. The van der Waals surface area contributed by atoms with E-state index in [1.54, 1.807) is 4.90 Å². The minimum absolute atomic E-state index is 0.00170. The summed E-state index contributed by atoms with van der Waals surface area (Å²) in [4.78, 5) is 33.6. The standard InChI is InChI=1S/C23H31N5O4/c1-3-20-25-21(32-26-20)8-9-22(29)28-11-10-27(2)18(15-28)23(30)24-14-16-6-7-19-17(13-16)5-4-12-31-19/h6-7,13,18H,3-5,8-12,14-15H2,1-2H3,(H,24,30). The highest BCUT2D eigenvalue weighted by molar-refractivity contribution is 5.84. The van der Waals surface area contributed by atoms with Gasteiger partial charge in [0.1, 0.15) is 11.8 Å². The Hall–Kier alpha value is -2.94. The minimum Gasteiger partial charge on any atom is -0.493 e.